The van der Waals surface area contributed by atoms with Crippen molar-refractivity contribution >= 4 is 17.3 Å². The van der Waals surface area contributed by atoms with Crippen LogP contribution in [0.3, 0.4) is 0 Å². The number of rotatable bonds is 4. The predicted molar refractivity (Wildman–Crippen MR) is 66.1 cm³/mol. The highest BCUT2D eigenvalue weighted by atomic mass is 16.6. The highest BCUT2D eigenvalue weighted by Gasteiger charge is 2.19. The molecule has 18 heavy (non-hydrogen) atoms. The van der Waals surface area contributed by atoms with Crippen molar-refractivity contribution in [3.05, 3.63) is 40.7 Å². The average Bonchev–Trinajstić information content (AvgIpc) is 2.72. The molecule has 7 nitrogen and oxygen atoms in total. The number of ether oxygens (including phenoxy) is 1. The van der Waals surface area contributed by atoms with E-state index in [9.17, 15) is 10.1 Å². The number of nitrogens with one attached hydrogen (secondary N) is 1. The number of hydrogen-bond donors (Lipinski definition) is 1. The van der Waals surface area contributed by atoms with Gasteiger partial charge in [-0.15, -0.1) is 0 Å². The van der Waals surface area contributed by atoms with Gasteiger partial charge in [-0.25, -0.2) is 0 Å². The standard InChI is InChI=1S/C11H12N4O3/c1-14-7-12-10(15(16)17)11(14)13-8-3-5-9(18-2)6-4-8/h3-7,13H,1-2H3. The van der Waals surface area contributed by atoms with E-state index in [4.69, 9.17) is 4.74 Å². The smallest absolute Gasteiger partial charge is 0.406 e. The third-order valence-electron chi connectivity index (χ3n) is 2.44. The molecule has 0 unspecified atom stereocenters. The summed E-state index contributed by atoms with van der Waals surface area (Å²) in [6.07, 6.45) is 1.39. The summed E-state index contributed by atoms with van der Waals surface area (Å²) in [5, 5.41) is 13.8. The lowest BCUT2D eigenvalue weighted by atomic mass is 10.3. The molecule has 0 aliphatic heterocycles. The molecule has 2 rings (SSSR count). The lowest BCUT2D eigenvalue weighted by Crippen LogP contribution is -2.00. The first-order valence-corrected chi connectivity index (χ1v) is 5.18. The number of methoxy groups -OCH3 is 1. The van der Waals surface area contributed by atoms with Crippen LogP contribution in [0.2, 0.25) is 0 Å². The van der Waals surface area contributed by atoms with Crippen molar-refractivity contribution in [1.29, 1.82) is 0 Å². The Hall–Kier alpha value is -2.57. The zero-order chi connectivity index (χ0) is 13.1. The van der Waals surface area contributed by atoms with Crippen LogP contribution in [-0.4, -0.2) is 21.6 Å². The summed E-state index contributed by atoms with van der Waals surface area (Å²) in [7, 11) is 3.26. The fourth-order valence-corrected chi connectivity index (χ4v) is 1.51. The minimum Gasteiger partial charge on any atom is -0.497 e. The quantitative estimate of drug-likeness (QED) is 0.661. The highest BCUT2D eigenvalue weighted by molar-refractivity contribution is 5.64. The van der Waals surface area contributed by atoms with Gasteiger partial charge in [-0.1, -0.05) is 0 Å². The van der Waals surface area contributed by atoms with E-state index in [0.29, 0.717) is 5.82 Å². The first kappa shape index (κ1) is 11.9. The van der Waals surface area contributed by atoms with Crippen molar-refractivity contribution in [3.63, 3.8) is 0 Å². The van der Waals surface area contributed by atoms with Gasteiger partial charge >= 0.3 is 5.82 Å². The molecule has 0 aliphatic carbocycles. The Morgan fingerprint density at radius 1 is 1.39 bits per heavy atom. The van der Waals surface area contributed by atoms with Crippen molar-refractivity contribution in [2.45, 2.75) is 0 Å². The van der Waals surface area contributed by atoms with Crippen LogP contribution in [0.15, 0.2) is 30.6 Å². The molecule has 0 saturated heterocycles. The Morgan fingerprint density at radius 2 is 2.06 bits per heavy atom. The largest absolute Gasteiger partial charge is 0.497 e. The number of nitro groups is 1. The minimum absolute atomic E-state index is 0.201. The number of nitrogens with zero attached hydrogens (tertiary/aromatic N) is 3. The zero-order valence-corrected chi connectivity index (χ0v) is 9.95. The number of anilines is 2. The van der Waals surface area contributed by atoms with Crippen molar-refractivity contribution < 1.29 is 9.66 Å². The summed E-state index contributed by atoms with van der Waals surface area (Å²) >= 11 is 0. The predicted octanol–water partition coefficient (Wildman–Crippen LogP) is 2.08. The van der Waals surface area contributed by atoms with Gasteiger partial charge in [0.1, 0.15) is 5.75 Å². The maximum atomic E-state index is 10.8. The van der Waals surface area contributed by atoms with Gasteiger partial charge in [0.25, 0.3) is 0 Å². The molecule has 0 aliphatic rings. The van der Waals surface area contributed by atoms with Gasteiger partial charge in [0, 0.05) is 12.7 Å². The Bertz CT molecular complexity index is 562. The Kier molecular flexibility index (Phi) is 3.13. The van der Waals surface area contributed by atoms with Crippen LogP contribution in [0.1, 0.15) is 0 Å². The van der Waals surface area contributed by atoms with Gasteiger partial charge in [-0.2, -0.15) is 0 Å². The summed E-state index contributed by atoms with van der Waals surface area (Å²) < 4.78 is 6.59. The Labute approximate surface area is 103 Å². The molecule has 0 amide bonds. The van der Waals surface area contributed by atoms with E-state index in [1.807, 2.05) is 0 Å². The maximum Gasteiger partial charge on any atom is 0.406 e. The zero-order valence-electron chi connectivity index (χ0n) is 9.95. The molecule has 0 spiro atoms. The molecule has 1 heterocycles. The van der Waals surface area contributed by atoms with Crippen LogP contribution >= 0.6 is 0 Å². The molecule has 0 atom stereocenters. The van der Waals surface area contributed by atoms with Crippen molar-refractivity contribution in [2.75, 3.05) is 12.4 Å². The van der Waals surface area contributed by atoms with Gasteiger partial charge in [0.2, 0.25) is 12.1 Å². The van der Waals surface area contributed by atoms with Gasteiger partial charge < -0.3 is 20.2 Å². The molecule has 0 radical (unpaired) electrons. The Balaban J connectivity index is 2.27. The van der Waals surface area contributed by atoms with E-state index in [1.165, 1.54) is 6.33 Å². The Morgan fingerprint density at radius 3 is 2.61 bits per heavy atom. The number of benzene rings is 1. The summed E-state index contributed by atoms with van der Waals surface area (Å²) in [5.41, 5.74) is 0.725. The van der Waals surface area contributed by atoms with Gasteiger partial charge in [-0.05, 0) is 34.2 Å². The van der Waals surface area contributed by atoms with Gasteiger partial charge in [0.05, 0.1) is 7.11 Å². The van der Waals surface area contributed by atoms with E-state index in [0.717, 1.165) is 11.4 Å². The van der Waals surface area contributed by atoms with E-state index in [2.05, 4.69) is 10.3 Å². The highest BCUT2D eigenvalue weighted by Crippen LogP contribution is 2.26. The second kappa shape index (κ2) is 4.74. The first-order chi connectivity index (χ1) is 8.61. The van der Waals surface area contributed by atoms with Crippen LogP contribution in [0, 0.1) is 10.1 Å². The van der Waals surface area contributed by atoms with E-state index < -0.39 is 4.92 Å². The third kappa shape index (κ3) is 2.24. The molecular weight excluding hydrogens is 236 g/mol. The number of aromatic nitrogens is 2. The van der Waals surface area contributed by atoms with E-state index >= 15 is 0 Å². The van der Waals surface area contributed by atoms with Gasteiger partial charge in [-0.3, -0.25) is 4.57 Å². The fourth-order valence-electron chi connectivity index (χ4n) is 1.51. The molecule has 1 N–H and O–H groups in total. The van der Waals surface area contributed by atoms with Crippen molar-refractivity contribution in [1.82, 2.24) is 9.55 Å². The monoisotopic (exact) mass is 248 g/mol. The fraction of sp³-hybridized carbons (Fsp3) is 0.182. The molecule has 1 aromatic carbocycles. The van der Waals surface area contributed by atoms with E-state index in [1.54, 1.807) is 43.0 Å². The van der Waals surface area contributed by atoms with E-state index in [-0.39, 0.29) is 5.82 Å². The lowest BCUT2D eigenvalue weighted by molar-refractivity contribution is -0.388. The SMILES string of the molecule is COc1ccc(Nc2c([N+](=O)[O-])ncn2C)cc1. The summed E-state index contributed by atoms with van der Waals surface area (Å²) in [5.74, 6) is 0.860. The molecule has 94 valence electrons. The first-order valence-electron chi connectivity index (χ1n) is 5.18. The summed E-state index contributed by atoms with van der Waals surface area (Å²) in [6.45, 7) is 0. The normalized spacial score (nSPS) is 10.1. The van der Waals surface area contributed by atoms with Crippen LogP contribution in [0.5, 0.6) is 5.75 Å². The molecule has 0 saturated carbocycles. The second-order valence-corrected chi connectivity index (χ2v) is 3.64. The number of imidazole rings is 1. The maximum absolute atomic E-state index is 10.8. The topological polar surface area (TPSA) is 82.2 Å². The molecule has 7 heteroatoms. The molecule has 0 bridgehead atoms. The minimum atomic E-state index is -0.522. The second-order valence-electron chi connectivity index (χ2n) is 3.64. The number of hydrogen-bond acceptors (Lipinski definition) is 5. The molecular formula is C11H12N4O3. The molecule has 1 aromatic heterocycles. The third-order valence-corrected chi connectivity index (χ3v) is 2.44. The summed E-state index contributed by atoms with van der Waals surface area (Å²) in [6, 6.07) is 7.08. The summed E-state index contributed by atoms with van der Waals surface area (Å²) in [4.78, 5) is 14.0. The van der Waals surface area contributed by atoms with Crippen molar-refractivity contribution in [3.8, 4) is 5.75 Å². The molecule has 2 aromatic rings. The average molecular weight is 248 g/mol. The number of aryl methyl sites for hydroxylation is 1. The van der Waals surface area contributed by atoms with Crippen LogP contribution in [-0.2, 0) is 7.05 Å². The van der Waals surface area contributed by atoms with Crippen LogP contribution in [0.4, 0.5) is 17.3 Å². The van der Waals surface area contributed by atoms with Crippen molar-refractivity contribution in [2.24, 2.45) is 7.05 Å². The van der Waals surface area contributed by atoms with Gasteiger partial charge in [0.15, 0.2) is 0 Å². The van der Waals surface area contributed by atoms with Crippen LogP contribution < -0.4 is 10.1 Å². The molecule has 0 fully saturated rings. The van der Waals surface area contributed by atoms with Crippen LogP contribution in [0.25, 0.3) is 0 Å². The lowest BCUT2D eigenvalue weighted by Gasteiger charge is -2.07.